The van der Waals surface area contributed by atoms with Crippen LogP contribution < -0.4 is 0 Å². The summed E-state index contributed by atoms with van der Waals surface area (Å²) in [6.07, 6.45) is 7.63. The highest BCUT2D eigenvalue weighted by Gasteiger charge is 2.37. The number of hydrogen-bond donors (Lipinski definition) is 0. The van der Waals surface area contributed by atoms with Gasteiger partial charge in [0.05, 0.1) is 24.4 Å². The van der Waals surface area contributed by atoms with Gasteiger partial charge >= 0.3 is 0 Å². The molecule has 1 atom stereocenters. The fourth-order valence-electron chi connectivity index (χ4n) is 3.01. The minimum absolute atomic E-state index is 0.0496. The van der Waals surface area contributed by atoms with Crippen LogP contribution in [0.4, 0.5) is 0 Å². The van der Waals surface area contributed by atoms with Crippen LogP contribution in [0.5, 0.6) is 0 Å². The third-order valence-corrected chi connectivity index (χ3v) is 5.33. The van der Waals surface area contributed by atoms with Gasteiger partial charge in [0.1, 0.15) is 10.8 Å². The van der Waals surface area contributed by atoms with E-state index in [0.717, 1.165) is 34.9 Å². The van der Waals surface area contributed by atoms with Crippen LogP contribution in [0.15, 0.2) is 52.7 Å². The molecular formula is C19H19N3O2S. The first-order valence-corrected chi connectivity index (χ1v) is 9.29. The van der Waals surface area contributed by atoms with Gasteiger partial charge in [-0.1, -0.05) is 0 Å². The van der Waals surface area contributed by atoms with Crippen molar-refractivity contribution in [2.75, 3.05) is 0 Å². The van der Waals surface area contributed by atoms with E-state index in [0.29, 0.717) is 12.5 Å². The fourth-order valence-corrected chi connectivity index (χ4v) is 3.82. The van der Waals surface area contributed by atoms with Gasteiger partial charge in [-0.05, 0) is 44.0 Å². The van der Waals surface area contributed by atoms with Crippen LogP contribution in [0, 0.1) is 0 Å². The monoisotopic (exact) mass is 353 g/mol. The van der Waals surface area contributed by atoms with Crippen LogP contribution in [0.25, 0.3) is 10.6 Å². The standard InChI is InChI=1S/C19H19N3O2S/c1-13(17-5-3-9-24-17)22(16-6-7-16)18(23)10-15-12-25-19(21-15)14-4-2-8-20-11-14/h2-5,8-9,11-13,16H,6-7,10H2,1H3/t13-/m1/s1. The number of amides is 1. The van der Waals surface area contributed by atoms with Gasteiger partial charge in [-0.15, -0.1) is 11.3 Å². The van der Waals surface area contributed by atoms with E-state index in [4.69, 9.17) is 4.42 Å². The Bertz CT molecular complexity index is 841. The Morgan fingerprint density at radius 2 is 2.28 bits per heavy atom. The second-order valence-corrected chi connectivity index (χ2v) is 7.14. The summed E-state index contributed by atoms with van der Waals surface area (Å²) < 4.78 is 5.50. The van der Waals surface area contributed by atoms with Gasteiger partial charge < -0.3 is 9.32 Å². The first-order valence-electron chi connectivity index (χ1n) is 8.42. The van der Waals surface area contributed by atoms with Crippen molar-refractivity contribution in [2.45, 2.75) is 38.3 Å². The highest BCUT2D eigenvalue weighted by molar-refractivity contribution is 7.13. The van der Waals surface area contributed by atoms with E-state index in [1.54, 1.807) is 30.0 Å². The van der Waals surface area contributed by atoms with Crippen molar-refractivity contribution in [3.63, 3.8) is 0 Å². The molecule has 1 aliphatic rings. The lowest BCUT2D eigenvalue weighted by Crippen LogP contribution is -2.36. The Balaban J connectivity index is 1.50. The van der Waals surface area contributed by atoms with E-state index in [1.165, 1.54) is 0 Å². The Morgan fingerprint density at radius 3 is 2.96 bits per heavy atom. The zero-order chi connectivity index (χ0) is 17.2. The van der Waals surface area contributed by atoms with Gasteiger partial charge in [-0.3, -0.25) is 9.78 Å². The van der Waals surface area contributed by atoms with Gasteiger partial charge in [0.25, 0.3) is 0 Å². The summed E-state index contributed by atoms with van der Waals surface area (Å²) in [5.74, 6) is 0.934. The topological polar surface area (TPSA) is 59.2 Å². The van der Waals surface area contributed by atoms with Gasteiger partial charge in [-0.2, -0.15) is 0 Å². The summed E-state index contributed by atoms with van der Waals surface area (Å²) >= 11 is 1.55. The number of hydrogen-bond acceptors (Lipinski definition) is 5. The predicted molar refractivity (Wildman–Crippen MR) is 96.0 cm³/mol. The van der Waals surface area contributed by atoms with Crippen LogP contribution in [0.3, 0.4) is 0 Å². The van der Waals surface area contributed by atoms with Crippen molar-refractivity contribution in [2.24, 2.45) is 0 Å². The number of pyridine rings is 1. The number of aromatic nitrogens is 2. The SMILES string of the molecule is C[C@H](c1ccco1)N(C(=O)Cc1csc(-c2cccnc2)n1)C1CC1. The smallest absolute Gasteiger partial charge is 0.229 e. The first-order chi connectivity index (χ1) is 12.2. The number of thiazole rings is 1. The number of carbonyl (C=O) groups is 1. The highest BCUT2D eigenvalue weighted by Crippen LogP contribution is 2.35. The maximum Gasteiger partial charge on any atom is 0.229 e. The number of carbonyl (C=O) groups excluding carboxylic acids is 1. The molecule has 0 spiro atoms. The Morgan fingerprint density at radius 1 is 1.40 bits per heavy atom. The van der Waals surface area contributed by atoms with Crippen molar-refractivity contribution >= 4 is 17.2 Å². The highest BCUT2D eigenvalue weighted by atomic mass is 32.1. The van der Waals surface area contributed by atoms with Crippen LogP contribution in [-0.2, 0) is 11.2 Å². The Hall–Kier alpha value is -2.47. The number of rotatable bonds is 6. The van der Waals surface area contributed by atoms with Crippen LogP contribution in [0.2, 0.25) is 0 Å². The maximum absolute atomic E-state index is 12.9. The predicted octanol–water partition coefficient (Wildman–Crippen LogP) is 4.09. The minimum Gasteiger partial charge on any atom is -0.467 e. The molecule has 0 aromatic carbocycles. The molecule has 0 aliphatic heterocycles. The molecule has 3 aromatic rings. The molecule has 6 heteroatoms. The third-order valence-electron chi connectivity index (χ3n) is 4.39. The maximum atomic E-state index is 12.9. The Labute approximate surface area is 150 Å². The number of furan rings is 1. The van der Waals surface area contributed by atoms with E-state index in [1.807, 2.05) is 41.5 Å². The van der Waals surface area contributed by atoms with Gasteiger partial charge in [-0.25, -0.2) is 4.98 Å². The van der Waals surface area contributed by atoms with Gasteiger partial charge in [0, 0.05) is 29.4 Å². The minimum atomic E-state index is -0.0496. The largest absolute Gasteiger partial charge is 0.467 e. The molecule has 25 heavy (non-hydrogen) atoms. The molecule has 3 heterocycles. The summed E-state index contributed by atoms with van der Waals surface area (Å²) in [5, 5.41) is 2.86. The molecule has 0 radical (unpaired) electrons. The normalized spacial score (nSPS) is 15.1. The van der Waals surface area contributed by atoms with Crippen molar-refractivity contribution in [1.82, 2.24) is 14.9 Å². The van der Waals surface area contributed by atoms with E-state index in [9.17, 15) is 4.79 Å². The summed E-state index contributed by atoms with van der Waals surface area (Å²) in [7, 11) is 0. The van der Waals surface area contributed by atoms with E-state index >= 15 is 0 Å². The van der Waals surface area contributed by atoms with Crippen molar-refractivity contribution in [1.29, 1.82) is 0 Å². The van der Waals surface area contributed by atoms with Gasteiger partial charge in [0.15, 0.2) is 0 Å². The quantitative estimate of drug-likeness (QED) is 0.670. The molecule has 128 valence electrons. The molecule has 0 saturated heterocycles. The lowest BCUT2D eigenvalue weighted by atomic mass is 10.2. The van der Waals surface area contributed by atoms with Crippen LogP contribution >= 0.6 is 11.3 Å². The van der Waals surface area contributed by atoms with Crippen molar-refractivity contribution in [3.8, 4) is 10.6 Å². The van der Waals surface area contributed by atoms with E-state index < -0.39 is 0 Å². The molecular weight excluding hydrogens is 334 g/mol. The van der Waals surface area contributed by atoms with Crippen molar-refractivity contribution < 1.29 is 9.21 Å². The summed E-state index contributed by atoms with van der Waals surface area (Å²) in [5.41, 5.74) is 1.79. The third kappa shape index (κ3) is 3.49. The molecule has 0 N–H and O–H groups in total. The van der Waals surface area contributed by atoms with E-state index in [2.05, 4.69) is 9.97 Å². The lowest BCUT2D eigenvalue weighted by Gasteiger charge is -2.28. The lowest BCUT2D eigenvalue weighted by molar-refractivity contribution is -0.133. The average molecular weight is 353 g/mol. The molecule has 1 aliphatic carbocycles. The second kappa shape index (κ2) is 6.80. The molecule has 4 rings (SSSR count). The van der Waals surface area contributed by atoms with Crippen LogP contribution in [0.1, 0.15) is 37.3 Å². The molecule has 1 amide bonds. The molecule has 0 unspecified atom stereocenters. The average Bonchev–Trinajstić information content (AvgIpc) is 3.13. The van der Waals surface area contributed by atoms with E-state index in [-0.39, 0.29) is 11.9 Å². The molecule has 1 fully saturated rings. The zero-order valence-electron chi connectivity index (χ0n) is 14.0. The molecule has 3 aromatic heterocycles. The fraction of sp³-hybridized carbons (Fsp3) is 0.316. The molecule has 0 bridgehead atoms. The van der Waals surface area contributed by atoms with Crippen LogP contribution in [-0.4, -0.2) is 26.8 Å². The molecule has 5 nitrogen and oxygen atoms in total. The summed E-state index contributed by atoms with van der Waals surface area (Å²) in [4.78, 5) is 23.6. The van der Waals surface area contributed by atoms with Gasteiger partial charge in [0.2, 0.25) is 5.91 Å². The first kappa shape index (κ1) is 16.0. The number of nitrogens with zero attached hydrogens (tertiary/aromatic N) is 3. The second-order valence-electron chi connectivity index (χ2n) is 6.29. The summed E-state index contributed by atoms with van der Waals surface area (Å²) in [6, 6.07) is 7.93. The molecule has 1 saturated carbocycles. The van der Waals surface area contributed by atoms with Crippen molar-refractivity contribution in [3.05, 3.63) is 59.8 Å². The Kier molecular flexibility index (Phi) is 4.36. The zero-order valence-corrected chi connectivity index (χ0v) is 14.8. The summed E-state index contributed by atoms with van der Waals surface area (Å²) in [6.45, 7) is 2.02.